The predicted octanol–water partition coefficient (Wildman–Crippen LogP) is 9.63. The van der Waals surface area contributed by atoms with Crippen molar-refractivity contribution in [3.63, 3.8) is 0 Å². The fourth-order valence-electron chi connectivity index (χ4n) is 5.65. The van der Waals surface area contributed by atoms with Crippen molar-refractivity contribution in [2.45, 2.75) is 57.3 Å². The van der Waals surface area contributed by atoms with Gasteiger partial charge in [0, 0.05) is 56.1 Å². The van der Waals surface area contributed by atoms with Gasteiger partial charge in [-0.05, 0) is 79.2 Å². The second-order valence-corrected chi connectivity index (χ2v) is 21.5. The topological polar surface area (TPSA) is 14.2 Å². The van der Waals surface area contributed by atoms with Gasteiger partial charge in [-0.1, -0.05) is 83.8 Å². The normalized spacial score (nSPS) is 17.0. The Morgan fingerprint density at radius 3 is 1.85 bits per heavy atom. The quantitative estimate of drug-likeness (QED) is 0.180. The first kappa shape index (κ1) is 38.0. The third-order valence-electron chi connectivity index (χ3n) is 7.55. The Bertz CT molecular complexity index is 1280. The van der Waals surface area contributed by atoms with E-state index in [0.29, 0.717) is 0 Å². The second kappa shape index (κ2) is 15.8. The summed E-state index contributed by atoms with van der Waals surface area (Å²) < 4.78 is 8.63. The van der Waals surface area contributed by atoms with E-state index in [-0.39, 0.29) is 43.3 Å². The molecule has 216 valence electrons. The minimum absolute atomic E-state index is 0. The van der Waals surface area contributed by atoms with Gasteiger partial charge in [-0.2, -0.15) is 0 Å². The van der Waals surface area contributed by atoms with Crippen LogP contribution in [0.15, 0.2) is 91.3 Å². The molecule has 1 saturated carbocycles. The van der Waals surface area contributed by atoms with Crippen LogP contribution in [0.4, 0.5) is 0 Å². The van der Waals surface area contributed by atoms with Gasteiger partial charge < -0.3 is 8.34 Å². The minimum Gasteiger partial charge on any atom is -0.449 e. The van der Waals surface area contributed by atoms with E-state index in [1.807, 2.05) is 11.4 Å². The first-order valence-electron chi connectivity index (χ1n) is 13.1. The Balaban J connectivity index is 0.000000888. The Hall–Kier alpha value is -2.02. The van der Waals surface area contributed by atoms with Gasteiger partial charge >= 0.3 is 0 Å². The SMILES string of the molecule is C=C[Si](C)(C)O[Si](C)(C)C=C.Cn1c2c(cc(-c3ccccc3)/[si]1=C\c1ccccc1)C1CCC2C1.[CH3+].[CH3+].[CH3+].[Pt]. The molecule has 1 heterocycles. The molecule has 2 unspecified atom stereocenters. The largest absolute Gasteiger partial charge is 0.449 e. The number of nitrogens with zero attached hydrogens (tertiary/aromatic N) is 1. The maximum atomic E-state index is 5.97. The van der Waals surface area contributed by atoms with E-state index in [1.54, 1.807) is 16.4 Å². The second-order valence-electron chi connectivity index (χ2n) is 11.2. The molecule has 2 aliphatic carbocycles. The van der Waals surface area contributed by atoms with Gasteiger partial charge in [-0.25, -0.2) is 0 Å². The zero-order valence-electron chi connectivity index (χ0n) is 25.9. The number of aromatic nitrogens is 1. The van der Waals surface area contributed by atoms with Crippen LogP contribution in [0, 0.1) is 28.0 Å². The monoisotopic (exact) mass is 767 g/mol. The molecule has 0 N–H and O–H groups in total. The molecule has 0 amide bonds. The van der Waals surface area contributed by atoms with Crippen LogP contribution in [0.3, 0.4) is 0 Å². The molecule has 2 atom stereocenters. The third kappa shape index (κ3) is 8.74. The summed E-state index contributed by atoms with van der Waals surface area (Å²) in [5.74, 6) is 1.61. The molecule has 0 aliphatic heterocycles. The molecule has 2 aliphatic rings. The molecule has 1 fully saturated rings. The summed E-state index contributed by atoms with van der Waals surface area (Å²) >= 11 is 0. The van der Waals surface area contributed by atoms with Crippen LogP contribution in [0.5, 0.6) is 0 Å². The van der Waals surface area contributed by atoms with E-state index in [4.69, 9.17) is 4.12 Å². The van der Waals surface area contributed by atoms with E-state index in [2.05, 4.69) is 123 Å². The first-order chi connectivity index (χ1) is 17.1. The summed E-state index contributed by atoms with van der Waals surface area (Å²) in [5, 5.41) is 1.54. The summed E-state index contributed by atoms with van der Waals surface area (Å²) in [5.41, 5.74) is 12.5. The molecule has 2 bridgehead atoms. The Kier molecular flexibility index (Phi) is 15.0. The number of benzene rings is 2. The van der Waals surface area contributed by atoms with Crippen LogP contribution in [-0.4, -0.2) is 29.0 Å². The standard InChI is InChI=1S/C23H23NSi.C8H18OSi2.3CH3.Pt/c1-24-23-20-13-12-19(14-20)21(23)15-22(18-10-6-3-7-11-18)25(24)16-17-8-4-2-5-9-17;1-7-10(3,4)9-11(5,6)8-2;;;;/h2-11,15-16,19-20H,12-14H2,1H3;7-8H,1-2H2,3-6H3;3*1H3;/q;;3*+1;/b25-16+;;;;;. The van der Waals surface area contributed by atoms with Crippen LogP contribution in [-0.2, 0) is 32.2 Å². The fourth-order valence-corrected chi connectivity index (χ4v) is 14.3. The van der Waals surface area contributed by atoms with Crippen molar-refractivity contribution in [2.75, 3.05) is 0 Å². The van der Waals surface area contributed by atoms with Gasteiger partial charge in [0.2, 0.25) is 0 Å². The number of hydrogen-bond donors (Lipinski definition) is 0. The third-order valence-corrected chi connectivity index (χ3v) is 16.3. The van der Waals surface area contributed by atoms with Crippen LogP contribution < -0.4 is 0 Å². The molecule has 3 aromatic rings. The van der Waals surface area contributed by atoms with Crippen LogP contribution in [0.1, 0.15) is 47.9 Å². The van der Waals surface area contributed by atoms with E-state index >= 15 is 0 Å². The number of hydrogen-bond acceptors (Lipinski definition) is 1. The fraction of sp³-hybridized carbons (Fsp3) is 0.294. The summed E-state index contributed by atoms with van der Waals surface area (Å²) in [6.07, 6.45) is 4.16. The van der Waals surface area contributed by atoms with Crippen molar-refractivity contribution >= 4 is 24.8 Å². The zero-order valence-corrected chi connectivity index (χ0v) is 31.2. The molecule has 0 saturated heterocycles. The summed E-state index contributed by atoms with van der Waals surface area (Å²) in [7, 11) is -1.74. The first-order valence-corrected chi connectivity index (χ1v) is 20.6. The van der Waals surface area contributed by atoms with Gasteiger partial charge in [0.25, 0.3) is 0 Å². The van der Waals surface area contributed by atoms with E-state index in [0.717, 1.165) is 11.8 Å². The van der Waals surface area contributed by atoms with E-state index in [9.17, 15) is 0 Å². The van der Waals surface area contributed by atoms with Crippen LogP contribution in [0.2, 0.25) is 26.2 Å². The number of rotatable bonds is 6. The van der Waals surface area contributed by atoms with E-state index in [1.165, 1.54) is 30.4 Å². The van der Waals surface area contributed by atoms with Crippen molar-refractivity contribution in [1.29, 1.82) is 0 Å². The van der Waals surface area contributed by atoms with Crippen molar-refractivity contribution in [1.82, 2.24) is 4.22 Å². The van der Waals surface area contributed by atoms with E-state index < -0.39 is 24.8 Å². The van der Waals surface area contributed by atoms with Crippen molar-refractivity contribution in [3.8, 4) is 10.7 Å². The minimum atomic E-state index is -1.58. The summed E-state index contributed by atoms with van der Waals surface area (Å²) in [4.78, 5) is 0. The summed E-state index contributed by atoms with van der Waals surface area (Å²) in [6.45, 7) is 16.2. The predicted molar refractivity (Wildman–Crippen MR) is 181 cm³/mol. The smallest absolute Gasteiger partial charge is 0.198 e. The average Bonchev–Trinajstić information content (AvgIpc) is 3.49. The van der Waals surface area contributed by atoms with Crippen LogP contribution >= 0.6 is 0 Å². The zero-order chi connectivity index (χ0) is 25.9. The van der Waals surface area contributed by atoms with Gasteiger partial charge in [-0.15, -0.1) is 13.2 Å². The van der Waals surface area contributed by atoms with Crippen molar-refractivity contribution in [2.24, 2.45) is 7.05 Å². The van der Waals surface area contributed by atoms with Gasteiger partial charge in [0.1, 0.15) is 0 Å². The molecule has 2 aromatic carbocycles. The van der Waals surface area contributed by atoms with Crippen LogP contribution in [0.25, 0.3) is 10.7 Å². The Morgan fingerprint density at radius 2 is 1.32 bits per heavy atom. The Morgan fingerprint density at radius 1 is 0.825 bits per heavy atom. The molecule has 40 heavy (non-hydrogen) atoms. The van der Waals surface area contributed by atoms with Crippen molar-refractivity contribution in [3.05, 3.63) is 136 Å². The maximum absolute atomic E-state index is 5.97. The van der Waals surface area contributed by atoms with Gasteiger partial charge in [0.15, 0.2) is 24.8 Å². The molecular formula is C34H50NOPtSi3+3. The van der Waals surface area contributed by atoms with Gasteiger partial charge in [-0.3, -0.25) is 0 Å². The molecule has 6 heteroatoms. The van der Waals surface area contributed by atoms with Gasteiger partial charge in [0.05, 0.1) is 0 Å². The molecule has 5 rings (SSSR count). The molecule has 0 radical (unpaired) electrons. The molecule has 1 aromatic heterocycles. The molecule has 2 nitrogen and oxygen atoms in total. The number of fused-ring (bicyclic) bond motifs is 5. The van der Waals surface area contributed by atoms with Crippen molar-refractivity contribution < 1.29 is 25.2 Å². The average molecular weight is 768 g/mol. The summed E-state index contributed by atoms with van der Waals surface area (Å²) in [6, 6.07) is 24.4. The maximum Gasteiger partial charge on any atom is 0.198 e. The molecule has 0 spiro atoms. The molecular weight excluding hydrogens is 718 g/mol. The Labute approximate surface area is 264 Å².